The first-order chi connectivity index (χ1) is 12.6. The molecule has 140 valence electrons. The van der Waals surface area contributed by atoms with E-state index in [-0.39, 0.29) is 5.91 Å². The van der Waals surface area contributed by atoms with E-state index in [1.807, 2.05) is 36.2 Å². The fourth-order valence-corrected chi connectivity index (χ4v) is 3.51. The lowest BCUT2D eigenvalue weighted by molar-refractivity contribution is 0.0636. The number of amides is 1. The summed E-state index contributed by atoms with van der Waals surface area (Å²) in [6.07, 6.45) is 4.77. The number of hydrogen-bond donors (Lipinski definition) is 1. The first-order valence-electron chi connectivity index (χ1n) is 9.36. The molecule has 1 N–H and O–H groups in total. The van der Waals surface area contributed by atoms with Crippen molar-refractivity contribution in [3.8, 4) is 11.4 Å². The average Bonchev–Trinajstić information content (AvgIpc) is 3.16. The van der Waals surface area contributed by atoms with Crippen LogP contribution in [0.5, 0.6) is 5.75 Å². The Morgan fingerprint density at radius 1 is 1.35 bits per heavy atom. The van der Waals surface area contributed by atoms with Crippen molar-refractivity contribution in [3.63, 3.8) is 0 Å². The number of hydrogen-bond acceptors (Lipinski definition) is 4. The van der Waals surface area contributed by atoms with Gasteiger partial charge < -0.3 is 15.0 Å². The van der Waals surface area contributed by atoms with Crippen LogP contribution in [-0.4, -0.2) is 53.4 Å². The average molecular weight is 356 g/mol. The summed E-state index contributed by atoms with van der Waals surface area (Å²) in [5.41, 5.74) is 2.45. The van der Waals surface area contributed by atoms with Gasteiger partial charge in [-0.25, -0.2) is 4.68 Å². The van der Waals surface area contributed by atoms with Gasteiger partial charge in [-0.3, -0.25) is 4.79 Å². The molecule has 0 spiro atoms. The van der Waals surface area contributed by atoms with Gasteiger partial charge in [-0.05, 0) is 63.0 Å². The first kappa shape index (κ1) is 18.5. The number of carbonyl (C=O) groups is 1. The van der Waals surface area contributed by atoms with Crippen molar-refractivity contribution >= 4 is 5.91 Å². The molecule has 1 amide bonds. The number of methoxy groups -OCH3 is 1. The second-order valence-electron chi connectivity index (χ2n) is 6.80. The third kappa shape index (κ3) is 3.90. The lowest BCUT2D eigenvalue weighted by atomic mass is 10.0. The second-order valence-corrected chi connectivity index (χ2v) is 6.80. The third-order valence-corrected chi connectivity index (χ3v) is 4.86. The molecule has 0 unspecified atom stereocenters. The minimum Gasteiger partial charge on any atom is -0.494 e. The summed E-state index contributed by atoms with van der Waals surface area (Å²) in [7, 11) is 1.64. The summed E-state index contributed by atoms with van der Waals surface area (Å²) in [5, 5.41) is 7.92. The van der Waals surface area contributed by atoms with Crippen LogP contribution >= 0.6 is 0 Å². The fraction of sp³-hybridized carbons (Fsp3) is 0.500. The summed E-state index contributed by atoms with van der Waals surface area (Å²) in [5.74, 6) is 0.755. The zero-order chi connectivity index (χ0) is 18.5. The highest BCUT2D eigenvalue weighted by Gasteiger charge is 2.27. The summed E-state index contributed by atoms with van der Waals surface area (Å²) in [6, 6.07) is 8.02. The molecule has 1 aliphatic rings. The highest BCUT2D eigenvalue weighted by Crippen LogP contribution is 2.24. The van der Waals surface area contributed by atoms with Gasteiger partial charge >= 0.3 is 0 Å². The Balaban J connectivity index is 1.85. The summed E-state index contributed by atoms with van der Waals surface area (Å²) in [4.78, 5) is 15.1. The Bertz CT molecular complexity index is 750. The molecule has 2 heterocycles. The van der Waals surface area contributed by atoms with Crippen molar-refractivity contribution in [2.24, 2.45) is 0 Å². The van der Waals surface area contributed by atoms with Crippen LogP contribution in [0.3, 0.4) is 0 Å². The molecule has 0 atom stereocenters. The number of rotatable bonds is 6. The Labute approximate surface area is 155 Å². The maximum atomic E-state index is 13.1. The molecular formula is C20H28N4O2. The standard InChI is InChI=1S/C20H28N4O2/c1-4-12-23(16-7-10-21-11-8-16)20(25)17-9-13-24(22-17)18-14-15(2)5-6-19(18)26-3/h5-6,9,13-14,16,21H,4,7-8,10-12H2,1-3H3. The van der Waals surface area contributed by atoms with Crippen LogP contribution in [0.2, 0.25) is 0 Å². The Morgan fingerprint density at radius 3 is 2.81 bits per heavy atom. The van der Waals surface area contributed by atoms with Crippen LogP contribution in [-0.2, 0) is 0 Å². The molecule has 6 nitrogen and oxygen atoms in total. The molecule has 1 saturated heterocycles. The summed E-state index contributed by atoms with van der Waals surface area (Å²) >= 11 is 0. The normalized spacial score (nSPS) is 15.0. The lowest BCUT2D eigenvalue weighted by Crippen LogP contribution is -2.46. The zero-order valence-electron chi connectivity index (χ0n) is 15.9. The molecule has 1 fully saturated rings. The van der Waals surface area contributed by atoms with Gasteiger partial charge in [-0.1, -0.05) is 13.0 Å². The number of nitrogens with zero attached hydrogens (tertiary/aromatic N) is 3. The van der Waals surface area contributed by atoms with Crippen LogP contribution in [0.4, 0.5) is 0 Å². The number of ether oxygens (including phenoxy) is 1. The molecule has 2 aromatic rings. The molecule has 1 aromatic heterocycles. The maximum absolute atomic E-state index is 13.1. The van der Waals surface area contributed by atoms with Gasteiger partial charge in [0.05, 0.1) is 7.11 Å². The summed E-state index contributed by atoms with van der Waals surface area (Å²) < 4.78 is 7.17. The van der Waals surface area contributed by atoms with E-state index < -0.39 is 0 Å². The number of aromatic nitrogens is 2. The molecule has 0 radical (unpaired) electrons. The highest BCUT2D eigenvalue weighted by atomic mass is 16.5. The third-order valence-electron chi connectivity index (χ3n) is 4.86. The number of piperidine rings is 1. The van der Waals surface area contributed by atoms with E-state index in [0.717, 1.165) is 55.9 Å². The SMILES string of the molecule is CCCN(C(=O)c1ccn(-c2cc(C)ccc2OC)n1)C1CCNCC1. The molecule has 6 heteroatoms. The van der Waals surface area contributed by atoms with Gasteiger partial charge in [0.15, 0.2) is 5.69 Å². The topological polar surface area (TPSA) is 59.4 Å². The smallest absolute Gasteiger partial charge is 0.274 e. The molecule has 1 aliphatic heterocycles. The number of nitrogens with one attached hydrogen (secondary N) is 1. The van der Waals surface area contributed by atoms with E-state index in [1.54, 1.807) is 17.9 Å². The molecule has 0 aliphatic carbocycles. The second kappa shape index (κ2) is 8.36. The molecule has 0 bridgehead atoms. The molecule has 3 rings (SSSR count). The molecule has 0 saturated carbocycles. The Kier molecular flexibility index (Phi) is 5.93. The maximum Gasteiger partial charge on any atom is 0.274 e. The van der Waals surface area contributed by atoms with Crippen LogP contribution in [0.1, 0.15) is 42.2 Å². The van der Waals surface area contributed by atoms with Crippen molar-refractivity contribution in [1.82, 2.24) is 20.0 Å². The van der Waals surface area contributed by atoms with E-state index in [4.69, 9.17) is 4.74 Å². The van der Waals surface area contributed by atoms with Gasteiger partial charge in [0.2, 0.25) is 0 Å². The van der Waals surface area contributed by atoms with Crippen LogP contribution in [0, 0.1) is 6.92 Å². The van der Waals surface area contributed by atoms with Crippen molar-refractivity contribution in [2.45, 2.75) is 39.2 Å². The van der Waals surface area contributed by atoms with Crippen LogP contribution in [0.15, 0.2) is 30.5 Å². The minimum absolute atomic E-state index is 0.0177. The Morgan fingerprint density at radius 2 is 2.12 bits per heavy atom. The first-order valence-corrected chi connectivity index (χ1v) is 9.36. The largest absolute Gasteiger partial charge is 0.494 e. The quantitative estimate of drug-likeness (QED) is 0.865. The predicted molar refractivity (Wildman–Crippen MR) is 102 cm³/mol. The van der Waals surface area contributed by atoms with Crippen LogP contribution < -0.4 is 10.1 Å². The van der Waals surface area contributed by atoms with Crippen molar-refractivity contribution < 1.29 is 9.53 Å². The number of benzene rings is 1. The highest BCUT2D eigenvalue weighted by molar-refractivity contribution is 5.92. The van der Waals surface area contributed by atoms with E-state index in [9.17, 15) is 4.79 Å². The van der Waals surface area contributed by atoms with Gasteiger partial charge in [-0.15, -0.1) is 0 Å². The van der Waals surface area contributed by atoms with E-state index in [0.29, 0.717) is 11.7 Å². The molecule has 26 heavy (non-hydrogen) atoms. The predicted octanol–water partition coefficient (Wildman–Crippen LogP) is 2.79. The number of carbonyl (C=O) groups excluding carboxylic acids is 1. The minimum atomic E-state index is 0.0177. The summed E-state index contributed by atoms with van der Waals surface area (Å²) in [6.45, 7) is 6.83. The zero-order valence-corrected chi connectivity index (χ0v) is 15.9. The van der Waals surface area contributed by atoms with Gasteiger partial charge in [-0.2, -0.15) is 5.10 Å². The number of aryl methyl sites for hydroxylation is 1. The van der Waals surface area contributed by atoms with Gasteiger partial charge in [0.25, 0.3) is 5.91 Å². The van der Waals surface area contributed by atoms with E-state index >= 15 is 0 Å². The van der Waals surface area contributed by atoms with Gasteiger partial charge in [0, 0.05) is 18.8 Å². The van der Waals surface area contributed by atoms with Crippen LogP contribution in [0.25, 0.3) is 5.69 Å². The Hall–Kier alpha value is -2.34. The van der Waals surface area contributed by atoms with Crippen molar-refractivity contribution in [1.29, 1.82) is 0 Å². The van der Waals surface area contributed by atoms with Gasteiger partial charge in [0.1, 0.15) is 11.4 Å². The van der Waals surface area contributed by atoms with Crippen molar-refractivity contribution in [2.75, 3.05) is 26.7 Å². The molecule has 1 aromatic carbocycles. The fourth-order valence-electron chi connectivity index (χ4n) is 3.51. The van der Waals surface area contributed by atoms with Crippen molar-refractivity contribution in [3.05, 3.63) is 41.7 Å². The monoisotopic (exact) mass is 356 g/mol. The lowest BCUT2D eigenvalue weighted by Gasteiger charge is -2.34. The van der Waals surface area contributed by atoms with E-state index in [2.05, 4.69) is 17.3 Å². The van der Waals surface area contributed by atoms with E-state index in [1.165, 1.54) is 0 Å². The molecular weight excluding hydrogens is 328 g/mol.